The van der Waals surface area contributed by atoms with Crippen molar-refractivity contribution in [3.8, 4) is 0 Å². The van der Waals surface area contributed by atoms with Crippen LogP contribution in [-0.2, 0) is 9.47 Å². The summed E-state index contributed by atoms with van der Waals surface area (Å²) in [4.78, 5) is 0. The van der Waals surface area contributed by atoms with Gasteiger partial charge in [0.25, 0.3) is 0 Å². The van der Waals surface area contributed by atoms with Crippen molar-refractivity contribution in [3.05, 3.63) is 0 Å². The molecule has 18 heavy (non-hydrogen) atoms. The first-order valence-electron chi connectivity index (χ1n) is 6.82. The third kappa shape index (κ3) is 6.69. The van der Waals surface area contributed by atoms with E-state index in [-0.39, 0.29) is 24.0 Å². The Kier molecular flexibility index (Phi) is 8.78. The number of ether oxygens (including phenoxy) is 2. The van der Waals surface area contributed by atoms with Gasteiger partial charge in [-0.05, 0) is 12.8 Å². The highest BCUT2D eigenvalue weighted by Gasteiger charge is 2.22. The normalized spacial score (nSPS) is 18.3. The van der Waals surface area contributed by atoms with E-state index in [1.54, 1.807) is 0 Å². The summed E-state index contributed by atoms with van der Waals surface area (Å²) >= 11 is 0. The molecule has 0 bridgehead atoms. The maximum atomic E-state index is 9.22. The molecule has 110 valence electrons. The molecular formula is C14H30O4. The summed E-state index contributed by atoms with van der Waals surface area (Å²) < 4.78 is 11.0. The monoisotopic (exact) mass is 262 g/mol. The quantitative estimate of drug-likeness (QED) is 0.558. The van der Waals surface area contributed by atoms with Gasteiger partial charge in [-0.3, -0.25) is 0 Å². The Bertz CT molecular complexity index is 176. The molecule has 0 rings (SSSR count). The molecule has 0 aromatic heterocycles. The number of aliphatic hydroxyl groups excluding tert-OH is 2. The van der Waals surface area contributed by atoms with Crippen LogP contribution >= 0.6 is 0 Å². The Morgan fingerprint density at radius 1 is 0.778 bits per heavy atom. The molecule has 2 atom stereocenters. The maximum Gasteiger partial charge on any atom is 0.0700 e. The van der Waals surface area contributed by atoms with Crippen LogP contribution in [0.3, 0.4) is 0 Å². The van der Waals surface area contributed by atoms with Crippen LogP contribution in [0.5, 0.6) is 0 Å². The molecule has 0 aliphatic rings. The van der Waals surface area contributed by atoms with Crippen molar-refractivity contribution in [1.29, 1.82) is 0 Å². The van der Waals surface area contributed by atoms with Crippen LogP contribution in [0, 0.1) is 10.8 Å². The molecule has 2 unspecified atom stereocenters. The summed E-state index contributed by atoms with van der Waals surface area (Å²) in [6.45, 7) is 10.5. The highest BCUT2D eigenvalue weighted by molar-refractivity contribution is 4.71. The Labute approximate surface area is 111 Å². The van der Waals surface area contributed by atoms with E-state index in [0.29, 0.717) is 26.4 Å². The molecule has 0 spiro atoms. The molecular weight excluding hydrogens is 232 g/mol. The van der Waals surface area contributed by atoms with Gasteiger partial charge in [-0.2, -0.15) is 0 Å². The molecule has 0 saturated heterocycles. The molecule has 2 N–H and O–H groups in total. The Hall–Kier alpha value is -0.160. The second-order valence-electron chi connectivity index (χ2n) is 5.75. The summed E-state index contributed by atoms with van der Waals surface area (Å²) in [5, 5.41) is 18.4. The highest BCUT2D eigenvalue weighted by Crippen LogP contribution is 2.21. The second kappa shape index (κ2) is 8.86. The van der Waals surface area contributed by atoms with Crippen LogP contribution in [0.25, 0.3) is 0 Å². The fourth-order valence-corrected chi connectivity index (χ4v) is 1.27. The van der Waals surface area contributed by atoms with Gasteiger partial charge in [0.1, 0.15) is 0 Å². The van der Waals surface area contributed by atoms with E-state index in [1.807, 2.05) is 27.7 Å². The van der Waals surface area contributed by atoms with E-state index in [2.05, 4.69) is 0 Å². The van der Waals surface area contributed by atoms with Gasteiger partial charge in [-0.1, -0.05) is 27.7 Å². The molecule has 4 heteroatoms. The molecule has 0 aliphatic carbocycles. The maximum absolute atomic E-state index is 9.22. The van der Waals surface area contributed by atoms with E-state index in [0.717, 1.165) is 12.8 Å². The molecule has 4 nitrogen and oxygen atoms in total. The van der Waals surface area contributed by atoms with Gasteiger partial charge < -0.3 is 19.7 Å². The first kappa shape index (κ1) is 17.8. The number of aliphatic hydroxyl groups is 2. The summed E-state index contributed by atoms with van der Waals surface area (Å²) in [6.07, 6.45) is 1.78. The van der Waals surface area contributed by atoms with Crippen LogP contribution in [0.4, 0.5) is 0 Å². The molecule has 0 fully saturated rings. The minimum atomic E-state index is -0.150. The predicted molar refractivity (Wildman–Crippen MR) is 72.6 cm³/mol. The van der Waals surface area contributed by atoms with Gasteiger partial charge in [0.2, 0.25) is 0 Å². The largest absolute Gasteiger partial charge is 0.396 e. The first-order valence-corrected chi connectivity index (χ1v) is 6.82. The molecule has 0 aliphatic heterocycles. The minimum absolute atomic E-state index is 0.142. The number of hydrogen-bond acceptors (Lipinski definition) is 4. The lowest BCUT2D eigenvalue weighted by molar-refractivity contribution is -0.0346. The van der Waals surface area contributed by atoms with Gasteiger partial charge in [0, 0.05) is 10.8 Å². The molecule has 0 aromatic carbocycles. The minimum Gasteiger partial charge on any atom is -0.396 e. The topological polar surface area (TPSA) is 58.9 Å². The Morgan fingerprint density at radius 2 is 1.11 bits per heavy atom. The van der Waals surface area contributed by atoms with Crippen molar-refractivity contribution >= 4 is 0 Å². The van der Waals surface area contributed by atoms with Crippen molar-refractivity contribution in [2.24, 2.45) is 10.8 Å². The van der Waals surface area contributed by atoms with Crippen LogP contribution in [0.15, 0.2) is 0 Å². The summed E-state index contributed by atoms with van der Waals surface area (Å²) in [5.41, 5.74) is -0.300. The summed E-state index contributed by atoms with van der Waals surface area (Å²) in [7, 11) is 0. The van der Waals surface area contributed by atoms with E-state index in [4.69, 9.17) is 9.47 Å². The van der Waals surface area contributed by atoms with Crippen molar-refractivity contribution in [3.63, 3.8) is 0 Å². The summed E-state index contributed by atoms with van der Waals surface area (Å²) in [5.74, 6) is 0. The van der Waals surface area contributed by atoms with E-state index < -0.39 is 0 Å². The van der Waals surface area contributed by atoms with Crippen LogP contribution in [0.2, 0.25) is 0 Å². The van der Waals surface area contributed by atoms with Crippen molar-refractivity contribution in [1.82, 2.24) is 0 Å². The van der Waals surface area contributed by atoms with E-state index in [1.165, 1.54) is 0 Å². The SMILES string of the molecule is CCC(C)(CO)COCCOCC(C)(CC)CO. The lowest BCUT2D eigenvalue weighted by Gasteiger charge is -2.26. The van der Waals surface area contributed by atoms with Crippen molar-refractivity contribution in [2.75, 3.05) is 39.6 Å². The fraction of sp³-hybridized carbons (Fsp3) is 1.00. The van der Waals surface area contributed by atoms with Crippen LogP contribution < -0.4 is 0 Å². The lowest BCUT2D eigenvalue weighted by Crippen LogP contribution is -2.29. The number of rotatable bonds is 11. The van der Waals surface area contributed by atoms with Gasteiger partial charge in [-0.15, -0.1) is 0 Å². The van der Waals surface area contributed by atoms with Gasteiger partial charge in [-0.25, -0.2) is 0 Å². The standard InChI is InChI=1S/C14H30O4/c1-5-13(3,9-15)11-17-7-8-18-12-14(4,6-2)10-16/h15-16H,5-12H2,1-4H3. The van der Waals surface area contributed by atoms with Gasteiger partial charge in [0.05, 0.1) is 39.6 Å². The number of hydrogen-bond donors (Lipinski definition) is 2. The van der Waals surface area contributed by atoms with Crippen molar-refractivity contribution in [2.45, 2.75) is 40.5 Å². The smallest absolute Gasteiger partial charge is 0.0700 e. The highest BCUT2D eigenvalue weighted by atomic mass is 16.5. The average Bonchev–Trinajstić information content (AvgIpc) is 2.42. The molecule has 0 radical (unpaired) electrons. The zero-order chi connectivity index (χ0) is 14.1. The van der Waals surface area contributed by atoms with Crippen LogP contribution in [-0.4, -0.2) is 49.9 Å². The Morgan fingerprint density at radius 3 is 1.33 bits per heavy atom. The lowest BCUT2D eigenvalue weighted by atomic mass is 9.90. The van der Waals surface area contributed by atoms with Crippen LogP contribution in [0.1, 0.15) is 40.5 Å². The molecule has 0 heterocycles. The van der Waals surface area contributed by atoms with E-state index >= 15 is 0 Å². The molecule has 0 amide bonds. The average molecular weight is 262 g/mol. The molecule has 0 aromatic rings. The van der Waals surface area contributed by atoms with E-state index in [9.17, 15) is 10.2 Å². The van der Waals surface area contributed by atoms with Gasteiger partial charge in [0.15, 0.2) is 0 Å². The molecule has 0 saturated carbocycles. The summed E-state index contributed by atoms with van der Waals surface area (Å²) in [6, 6.07) is 0. The zero-order valence-corrected chi connectivity index (χ0v) is 12.4. The zero-order valence-electron chi connectivity index (χ0n) is 12.4. The predicted octanol–water partition coefficient (Wildman–Crippen LogP) is 1.84. The first-order chi connectivity index (χ1) is 8.45. The second-order valence-corrected chi connectivity index (χ2v) is 5.75. The fourth-order valence-electron chi connectivity index (χ4n) is 1.27. The Balaban J connectivity index is 3.63. The third-order valence-electron chi connectivity index (χ3n) is 3.74. The van der Waals surface area contributed by atoms with Crippen molar-refractivity contribution < 1.29 is 19.7 Å². The third-order valence-corrected chi connectivity index (χ3v) is 3.74. The van der Waals surface area contributed by atoms with Gasteiger partial charge >= 0.3 is 0 Å².